The Balaban J connectivity index is 2.54. The van der Waals surface area contributed by atoms with E-state index in [4.69, 9.17) is 9.47 Å². The van der Waals surface area contributed by atoms with Crippen LogP contribution in [0, 0.1) is 5.92 Å². The van der Waals surface area contributed by atoms with Gasteiger partial charge in [-0.05, 0) is 31.6 Å². The first-order chi connectivity index (χ1) is 9.72. The molecule has 0 saturated heterocycles. The number of ether oxygens (including phenoxy) is 2. The van der Waals surface area contributed by atoms with Gasteiger partial charge in [0.1, 0.15) is 0 Å². The molecule has 1 aliphatic carbocycles. The van der Waals surface area contributed by atoms with Crippen LogP contribution in [0.2, 0.25) is 0 Å². The fraction of sp³-hybridized carbons (Fsp3) is 1.00. The number of aliphatic hydroxyl groups is 1. The lowest BCUT2D eigenvalue weighted by Gasteiger charge is -2.40. The first kappa shape index (κ1) is 17.9. The van der Waals surface area contributed by atoms with Crippen molar-refractivity contribution in [1.82, 2.24) is 4.90 Å². The van der Waals surface area contributed by atoms with Gasteiger partial charge in [-0.3, -0.25) is 4.90 Å². The van der Waals surface area contributed by atoms with Crippen molar-refractivity contribution >= 4 is 0 Å². The number of nitrogens with zero attached hydrogens (tertiary/aromatic N) is 1. The summed E-state index contributed by atoms with van der Waals surface area (Å²) >= 11 is 0. The van der Waals surface area contributed by atoms with Crippen molar-refractivity contribution in [2.75, 3.05) is 40.5 Å². The monoisotopic (exact) mass is 287 g/mol. The lowest BCUT2D eigenvalue weighted by molar-refractivity contribution is -0.00999. The van der Waals surface area contributed by atoms with Gasteiger partial charge < -0.3 is 14.6 Å². The second-order valence-corrected chi connectivity index (χ2v) is 5.98. The average Bonchev–Trinajstić information content (AvgIpc) is 2.45. The minimum Gasteiger partial charge on any atom is -0.391 e. The summed E-state index contributed by atoms with van der Waals surface area (Å²) in [5.74, 6) is 0.779. The average molecular weight is 287 g/mol. The minimum absolute atomic E-state index is 0.178. The zero-order valence-electron chi connectivity index (χ0n) is 13.5. The molecule has 0 radical (unpaired) electrons. The predicted molar refractivity (Wildman–Crippen MR) is 82.0 cm³/mol. The number of methoxy groups -OCH3 is 2. The molecular weight excluding hydrogens is 254 g/mol. The Morgan fingerprint density at radius 2 is 1.85 bits per heavy atom. The molecule has 0 aromatic heterocycles. The Morgan fingerprint density at radius 1 is 1.10 bits per heavy atom. The van der Waals surface area contributed by atoms with Crippen LogP contribution in [0.1, 0.15) is 45.4 Å². The Kier molecular flexibility index (Phi) is 9.44. The van der Waals surface area contributed by atoms with Crippen LogP contribution in [0.4, 0.5) is 0 Å². The second-order valence-electron chi connectivity index (χ2n) is 5.98. The number of aliphatic hydroxyl groups excluding tert-OH is 1. The molecule has 0 bridgehead atoms. The highest BCUT2D eigenvalue weighted by Gasteiger charge is 2.32. The summed E-state index contributed by atoms with van der Waals surface area (Å²) in [7, 11) is 3.48. The molecule has 1 aliphatic rings. The Hall–Kier alpha value is -0.160. The first-order valence-electron chi connectivity index (χ1n) is 8.12. The SMILES string of the molecule is CCCC1CCC(O)C(N(CCCOC)CCOC)C1. The lowest BCUT2D eigenvalue weighted by atomic mass is 9.80. The molecule has 3 unspecified atom stereocenters. The number of rotatable bonds is 10. The van der Waals surface area contributed by atoms with E-state index < -0.39 is 0 Å². The Morgan fingerprint density at radius 3 is 2.50 bits per heavy atom. The van der Waals surface area contributed by atoms with Crippen molar-refractivity contribution < 1.29 is 14.6 Å². The van der Waals surface area contributed by atoms with Crippen molar-refractivity contribution in [2.24, 2.45) is 5.92 Å². The third-order valence-corrected chi connectivity index (χ3v) is 4.43. The van der Waals surface area contributed by atoms with Crippen molar-refractivity contribution in [1.29, 1.82) is 0 Å². The molecule has 1 rings (SSSR count). The smallest absolute Gasteiger partial charge is 0.0695 e. The zero-order valence-corrected chi connectivity index (χ0v) is 13.5. The normalized spacial score (nSPS) is 27.1. The molecule has 0 aromatic carbocycles. The summed E-state index contributed by atoms with van der Waals surface area (Å²) in [6.07, 6.45) is 6.63. The van der Waals surface area contributed by atoms with Gasteiger partial charge in [-0.15, -0.1) is 0 Å². The first-order valence-corrected chi connectivity index (χ1v) is 8.12. The van der Waals surface area contributed by atoms with Crippen LogP contribution in [-0.2, 0) is 9.47 Å². The molecule has 20 heavy (non-hydrogen) atoms. The summed E-state index contributed by atoms with van der Waals surface area (Å²) in [6, 6.07) is 0.298. The van der Waals surface area contributed by atoms with Gasteiger partial charge >= 0.3 is 0 Å². The second kappa shape index (κ2) is 10.6. The highest BCUT2D eigenvalue weighted by molar-refractivity contribution is 4.87. The third-order valence-electron chi connectivity index (χ3n) is 4.43. The molecule has 0 aliphatic heterocycles. The molecule has 0 heterocycles. The van der Waals surface area contributed by atoms with Crippen LogP contribution in [-0.4, -0.2) is 62.7 Å². The van der Waals surface area contributed by atoms with Crippen LogP contribution < -0.4 is 0 Å². The third kappa shape index (κ3) is 6.08. The van der Waals surface area contributed by atoms with E-state index in [0.29, 0.717) is 6.04 Å². The van der Waals surface area contributed by atoms with E-state index in [1.54, 1.807) is 14.2 Å². The largest absolute Gasteiger partial charge is 0.391 e. The van der Waals surface area contributed by atoms with E-state index in [2.05, 4.69) is 11.8 Å². The maximum Gasteiger partial charge on any atom is 0.0695 e. The highest BCUT2D eigenvalue weighted by Crippen LogP contribution is 2.31. The van der Waals surface area contributed by atoms with Gasteiger partial charge in [0.05, 0.1) is 12.7 Å². The van der Waals surface area contributed by atoms with Crippen LogP contribution in [0.5, 0.6) is 0 Å². The van der Waals surface area contributed by atoms with Gasteiger partial charge in [-0.2, -0.15) is 0 Å². The van der Waals surface area contributed by atoms with Gasteiger partial charge in [0.25, 0.3) is 0 Å². The quantitative estimate of drug-likeness (QED) is 0.626. The lowest BCUT2D eigenvalue weighted by Crippen LogP contribution is -2.49. The summed E-state index contributed by atoms with van der Waals surface area (Å²) < 4.78 is 10.4. The van der Waals surface area contributed by atoms with Gasteiger partial charge in [0, 0.05) is 40.0 Å². The molecule has 1 fully saturated rings. The van der Waals surface area contributed by atoms with Gasteiger partial charge in [0.15, 0.2) is 0 Å². The van der Waals surface area contributed by atoms with Crippen LogP contribution in [0.25, 0.3) is 0 Å². The molecule has 3 atom stereocenters. The highest BCUT2D eigenvalue weighted by atomic mass is 16.5. The molecule has 0 aromatic rings. The van der Waals surface area contributed by atoms with E-state index in [1.807, 2.05) is 0 Å². The van der Waals surface area contributed by atoms with E-state index in [1.165, 1.54) is 19.3 Å². The van der Waals surface area contributed by atoms with Crippen molar-refractivity contribution in [3.63, 3.8) is 0 Å². The van der Waals surface area contributed by atoms with Crippen molar-refractivity contribution in [3.8, 4) is 0 Å². The topological polar surface area (TPSA) is 41.9 Å². The summed E-state index contributed by atoms with van der Waals surface area (Å²) in [4.78, 5) is 2.41. The van der Waals surface area contributed by atoms with Crippen molar-refractivity contribution in [2.45, 2.75) is 57.6 Å². The van der Waals surface area contributed by atoms with Gasteiger partial charge in [-0.1, -0.05) is 19.8 Å². The maximum absolute atomic E-state index is 10.4. The van der Waals surface area contributed by atoms with Crippen molar-refractivity contribution in [3.05, 3.63) is 0 Å². The number of hydrogen-bond donors (Lipinski definition) is 1. The van der Waals surface area contributed by atoms with Crippen LogP contribution in [0.15, 0.2) is 0 Å². The van der Waals surface area contributed by atoms with E-state index in [-0.39, 0.29) is 6.10 Å². The predicted octanol–water partition coefficient (Wildman–Crippen LogP) is 2.30. The molecule has 1 saturated carbocycles. The van der Waals surface area contributed by atoms with E-state index in [0.717, 1.165) is 51.5 Å². The molecule has 1 N–H and O–H groups in total. The number of hydrogen-bond acceptors (Lipinski definition) is 4. The summed E-state index contributed by atoms with van der Waals surface area (Å²) in [5.41, 5.74) is 0. The van der Waals surface area contributed by atoms with Gasteiger partial charge in [-0.25, -0.2) is 0 Å². The fourth-order valence-corrected chi connectivity index (χ4v) is 3.34. The molecule has 4 heteroatoms. The Labute approximate surface area is 124 Å². The van der Waals surface area contributed by atoms with Gasteiger partial charge in [0.2, 0.25) is 0 Å². The zero-order chi connectivity index (χ0) is 14.8. The Bertz CT molecular complexity index is 238. The summed E-state index contributed by atoms with van der Waals surface area (Å²) in [6.45, 7) is 5.65. The fourth-order valence-electron chi connectivity index (χ4n) is 3.34. The van der Waals surface area contributed by atoms with E-state index >= 15 is 0 Å². The molecular formula is C16H33NO3. The standard InChI is InChI=1S/C16H33NO3/c1-4-6-14-7-8-16(18)15(13-14)17(10-12-20-3)9-5-11-19-2/h14-16,18H,4-13H2,1-3H3. The molecule has 0 amide bonds. The maximum atomic E-state index is 10.4. The molecule has 120 valence electrons. The minimum atomic E-state index is -0.178. The molecule has 4 nitrogen and oxygen atoms in total. The van der Waals surface area contributed by atoms with Crippen LogP contribution >= 0.6 is 0 Å². The van der Waals surface area contributed by atoms with Crippen LogP contribution in [0.3, 0.4) is 0 Å². The molecule has 0 spiro atoms. The summed E-state index contributed by atoms with van der Waals surface area (Å²) in [5, 5.41) is 10.4. The van der Waals surface area contributed by atoms with E-state index in [9.17, 15) is 5.11 Å².